The van der Waals surface area contributed by atoms with Gasteiger partial charge in [-0.1, -0.05) is 0 Å². The number of hydrogen-bond acceptors (Lipinski definition) is 3. The number of aliphatic carboxylic acids is 1. The SMILES string of the molecule is O=C(O)C1=CN2CC=CN=C2C=C1. The van der Waals surface area contributed by atoms with Crippen molar-refractivity contribution >= 4 is 11.8 Å². The highest BCUT2D eigenvalue weighted by Crippen LogP contribution is 2.12. The zero-order valence-electron chi connectivity index (χ0n) is 6.84. The third-order valence-electron chi connectivity index (χ3n) is 1.86. The first-order valence-corrected chi connectivity index (χ1v) is 3.90. The number of carboxylic acid groups (broad SMARTS) is 1. The van der Waals surface area contributed by atoms with Crippen LogP contribution in [-0.2, 0) is 4.79 Å². The average molecular weight is 176 g/mol. The van der Waals surface area contributed by atoms with Gasteiger partial charge in [-0.3, -0.25) is 0 Å². The molecule has 2 aliphatic rings. The van der Waals surface area contributed by atoms with Gasteiger partial charge in [0.2, 0.25) is 0 Å². The minimum Gasteiger partial charge on any atom is -0.478 e. The summed E-state index contributed by atoms with van der Waals surface area (Å²) < 4.78 is 0. The second-order valence-corrected chi connectivity index (χ2v) is 2.75. The van der Waals surface area contributed by atoms with E-state index < -0.39 is 5.97 Å². The van der Waals surface area contributed by atoms with Crippen molar-refractivity contribution in [1.29, 1.82) is 0 Å². The lowest BCUT2D eigenvalue weighted by Gasteiger charge is -2.23. The lowest BCUT2D eigenvalue weighted by Crippen LogP contribution is -2.29. The maximum atomic E-state index is 10.6. The van der Waals surface area contributed by atoms with Gasteiger partial charge in [-0.2, -0.15) is 0 Å². The molecule has 2 rings (SSSR count). The first-order valence-electron chi connectivity index (χ1n) is 3.90. The van der Waals surface area contributed by atoms with Gasteiger partial charge in [-0.25, -0.2) is 9.79 Å². The van der Waals surface area contributed by atoms with Crippen molar-refractivity contribution in [2.24, 2.45) is 4.99 Å². The van der Waals surface area contributed by atoms with Crippen molar-refractivity contribution in [3.63, 3.8) is 0 Å². The first-order chi connectivity index (χ1) is 6.27. The van der Waals surface area contributed by atoms with E-state index in [-0.39, 0.29) is 5.57 Å². The van der Waals surface area contributed by atoms with E-state index in [0.29, 0.717) is 6.54 Å². The topological polar surface area (TPSA) is 52.9 Å². The molecule has 2 aliphatic heterocycles. The van der Waals surface area contributed by atoms with E-state index in [1.165, 1.54) is 0 Å². The summed E-state index contributed by atoms with van der Waals surface area (Å²) in [5, 5.41) is 8.72. The van der Waals surface area contributed by atoms with E-state index in [9.17, 15) is 4.79 Å². The third-order valence-corrected chi connectivity index (χ3v) is 1.86. The molecule has 0 fully saturated rings. The Morgan fingerprint density at radius 2 is 2.38 bits per heavy atom. The standard InChI is InChI=1S/C9H8N2O2/c12-9(13)7-2-3-8-10-4-1-5-11(8)6-7/h1-4,6H,5H2,(H,12,13). The zero-order chi connectivity index (χ0) is 9.26. The largest absolute Gasteiger partial charge is 0.478 e. The molecule has 13 heavy (non-hydrogen) atoms. The molecular weight excluding hydrogens is 168 g/mol. The van der Waals surface area contributed by atoms with E-state index in [2.05, 4.69) is 4.99 Å². The fourth-order valence-corrected chi connectivity index (χ4v) is 1.22. The fourth-order valence-electron chi connectivity index (χ4n) is 1.22. The molecule has 0 bridgehead atoms. The molecule has 0 saturated heterocycles. The van der Waals surface area contributed by atoms with E-state index in [1.54, 1.807) is 29.5 Å². The number of carbonyl (C=O) groups is 1. The molecule has 0 aliphatic carbocycles. The number of hydrogen-bond donors (Lipinski definition) is 1. The zero-order valence-corrected chi connectivity index (χ0v) is 6.84. The van der Waals surface area contributed by atoms with Crippen LogP contribution in [0, 0.1) is 0 Å². The van der Waals surface area contributed by atoms with Crippen LogP contribution < -0.4 is 0 Å². The van der Waals surface area contributed by atoms with Gasteiger partial charge in [0.15, 0.2) is 0 Å². The monoisotopic (exact) mass is 176 g/mol. The molecule has 0 radical (unpaired) electrons. The fraction of sp³-hybridized carbons (Fsp3) is 0.111. The Morgan fingerprint density at radius 3 is 3.15 bits per heavy atom. The number of fused-ring (bicyclic) bond motifs is 1. The van der Waals surface area contributed by atoms with Crippen LogP contribution in [0.3, 0.4) is 0 Å². The van der Waals surface area contributed by atoms with Crippen molar-refractivity contribution < 1.29 is 9.90 Å². The van der Waals surface area contributed by atoms with Crippen LogP contribution in [0.5, 0.6) is 0 Å². The highest BCUT2D eigenvalue weighted by atomic mass is 16.4. The normalized spacial score (nSPS) is 19.2. The molecule has 0 saturated carbocycles. The van der Waals surface area contributed by atoms with E-state index >= 15 is 0 Å². The van der Waals surface area contributed by atoms with Gasteiger partial charge in [0.05, 0.1) is 5.57 Å². The number of nitrogens with zero attached hydrogens (tertiary/aromatic N) is 2. The summed E-state index contributed by atoms with van der Waals surface area (Å²) in [6.07, 6.45) is 8.43. The van der Waals surface area contributed by atoms with Crippen LogP contribution in [0.4, 0.5) is 0 Å². The average Bonchev–Trinajstić information content (AvgIpc) is 2.17. The summed E-state index contributed by atoms with van der Waals surface area (Å²) in [5.41, 5.74) is 0.286. The predicted molar refractivity (Wildman–Crippen MR) is 48.1 cm³/mol. The summed E-state index contributed by atoms with van der Waals surface area (Å²) in [6, 6.07) is 0. The van der Waals surface area contributed by atoms with Crippen LogP contribution in [0.1, 0.15) is 0 Å². The Bertz CT molecular complexity index is 364. The lowest BCUT2D eigenvalue weighted by molar-refractivity contribution is -0.132. The third kappa shape index (κ3) is 1.38. The molecule has 0 aromatic rings. The Balaban J connectivity index is 2.30. The van der Waals surface area contributed by atoms with Gasteiger partial charge in [-0.05, 0) is 18.2 Å². The van der Waals surface area contributed by atoms with Gasteiger partial charge >= 0.3 is 5.97 Å². The van der Waals surface area contributed by atoms with Gasteiger partial charge in [0.25, 0.3) is 0 Å². The van der Waals surface area contributed by atoms with Crippen LogP contribution in [-0.4, -0.2) is 28.4 Å². The van der Waals surface area contributed by atoms with Gasteiger partial charge < -0.3 is 10.0 Å². The van der Waals surface area contributed by atoms with Crippen molar-refractivity contribution in [2.45, 2.75) is 0 Å². The van der Waals surface area contributed by atoms with Crippen LogP contribution in [0.2, 0.25) is 0 Å². The molecule has 0 atom stereocenters. The van der Waals surface area contributed by atoms with E-state index in [1.807, 2.05) is 6.08 Å². The van der Waals surface area contributed by atoms with Crippen molar-refractivity contribution in [3.05, 3.63) is 36.2 Å². The lowest BCUT2D eigenvalue weighted by atomic mass is 10.2. The van der Waals surface area contributed by atoms with Crippen molar-refractivity contribution in [2.75, 3.05) is 6.54 Å². The Hall–Kier alpha value is -1.84. The van der Waals surface area contributed by atoms with Gasteiger partial charge in [0.1, 0.15) is 5.84 Å². The van der Waals surface area contributed by atoms with Crippen LogP contribution in [0.25, 0.3) is 0 Å². The van der Waals surface area contributed by atoms with Gasteiger partial charge in [0, 0.05) is 18.9 Å². The highest BCUT2D eigenvalue weighted by Gasteiger charge is 2.15. The maximum absolute atomic E-state index is 10.6. The second-order valence-electron chi connectivity index (χ2n) is 2.75. The molecule has 66 valence electrons. The molecule has 0 aromatic carbocycles. The van der Waals surface area contributed by atoms with E-state index in [4.69, 9.17) is 5.11 Å². The van der Waals surface area contributed by atoms with Crippen LogP contribution >= 0.6 is 0 Å². The molecule has 4 heteroatoms. The number of aliphatic imine (C=N–C) groups is 1. The summed E-state index contributed by atoms with van der Waals surface area (Å²) in [4.78, 5) is 16.5. The number of rotatable bonds is 1. The minimum absolute atomic E-state index is 0.286. The van der Waals surface area contributed by atoms with E-state index in [0.717, 1.165) is 5.84 Å². The minimum atomic E-state index is -0.912. The molecule has 2 heterocycles. The molecule has 0 spiro atoms. The second kappa shape index (κ2) is 2.90. The molecule has 4 nitrogen and oxygen atoms in total. The molecule has 0 aromatic heterocycles. The summed E-state index contributed by atoms with van der Waals surface area (Å²) >= 11 is 0. The smallest absolute Gasteiger partial charge is 0.337 e. The number of carboxylic acids is 1. The summed E-state index contributed by atoms with van der Waals surface area (Å²) in [6.45, 7) is 0.681. The summed E-state index contributed by atoms with van der Waals surface area (Å²) in [7, 11) is 0. The quantitative estimate of drug-likeness (QED) is 0.641. The highest BCUT2D eigenvalue weighted by molar-refractivity contribution is 6.01. The number of amidine groups is 1. The Labute approximate surface area is 75.2 Å². The predicted octanol–water partition coefficient (Wildman–Crippen LogP) is 0.753. The van der Waals surface area contributed by atoms with Crippen molar-refractivity contribution in [3.8, 4) is 0 Å². The summed E-state index contributed by atoms with van der Waals surface area (Å²) in [5.74, 6) is -0.127. The molecule has 0 amide bonds. The first kappa shape index (κ1) is 7.79. The molecule has 1 N–H and O–H groups in total. The van der Waals surface area contributed by atoms with Crippen molar-refractivity contribution in [1.82, 2.24) is 4.90 Å². The Morgan fingerprint density at radius 1 is 1.54 bits per heavy atom. The molecular formula is C9H8N2O2. The maximum Gasteiger partial charge on any atom is 0.337 e. The molecule has 0 unspecified atom stereocenters. The Kier molecular flexibility index (Phi) is 1.73. The van der Waals surface area contributed by atoms with Crippen LogP contribution in [0.15, 0.2) is 41.2 Å². The van der Waals surface area contributed by atoms with Gasteiger partial charge in [-0.15, -0.1) is 0 Å².